The van der Waals surface area contributed by atoms with Gasteiger partial charge in [0.15, 0.2) is 0 Å². The Morgan fingerprint density at radius 2 is 2.18 bits per heavy atom. The van der Waals surface area contributed by atoms with Gasteiger partial charge in [-0.25, -0.2) is 0 Å². The summed E-state index contributed by atoms with van der Waals surface area (Å²) in [5, 5.41) is 5.11. The van der Waals surface area contributed by atoms with Gasteiger partial charge in [-0.15, -0.1) is 0 Å². The average Bonchev–Trinajstić information content (AvgIpc) is 3.11. The van der Waals surface area contributed by atoms with Crippen molar-refractivity contribution in [2.75, 3.05) is 6.54 Å². The lowest BCUT2D eigenvalue weighted by Crippen LogP contribution is -2.39. The van der Waals surface area contributed by atoms with Crippen molar-refractivity contribution in [3.05, 3.63) is 40.4 Å². The molecule has 0 saturated carbocycles. The van der Waals surface area contributed by atoms with Crippen LogP contribution in [0.1, 0.15) is 34.7 Å². The van der Waals surface area contributed by atoms with E-state index in [1.165, 1.54) is 0 Å². The van der Waals surface area contributed by atoms with E-state index in [0.717, 1.165) is 37.3 Å². The van der Waals surface area contributed by atoms with E-state index in [2.05, 4.69) is 18.1 Å². The Bertz CT molecular complexity index is 703. The number of amides is 1. The van der Waals surface area contributed by atoms with Crippen molar-refractivity contribution in [3.63, 3.8) is 0 Å². The van der Waals surface area contributed by atoms with E-state index in [0.29, 0.717) is 10.7 Å². The van der Waals surface area contributed by atoms with Crippen molar-refractivity contribution in [1.82, 2.24) is 19.2 Å². The molecule has 0 aliphatic carbocycles. The molecule has 1 aliphatic heterocycles. The third-order valence-corrected chi connectivity index (χ3v) is 4.52. The third-order valence-electron chi connectivity index (χ3n) is 4.32. The number of aryl methyl sites for hydroxylation is 3. The van der Waals surface area contributed by atoms with Crippen molar-refractivity contribution in [2.45, 2.75) is 39.3 Å². The molecule has 3 heterocycles. The summed E-state index contributed by atoms with van der Waals surface area (Å²) in [6.07, 6.45) is 3.82. The maximum atomic E-state index is 12.8. The highest BCUT2D eigenvalue weighted by atomic mass is 35.5. The first-order valence-electron chi connectivity index (χ1n) is 7.59. The van der Waals surface area contributed by atoms with E-state index in [-0.39, 0.29) is 11.9 Å². The van der Waals surface area contributed by atoms with Crippen LogP contribution in [0.3, 0.4) is 0 Å². The minimum Gasteiger partial charge on any atom is -0.345 e. The summed E-state index contributed by atoms with van der Waals surface area (Å²) in [6, 6.07) is 4.00. The largest absolute Gasteiger partial charge is 0.345 e. The quantitative estimate of drug-likeness (QED) is 0.872. The van der Waals surface area contributed by atoms with Gasteiger partial charge >= 0.3 is 0 Å². The van der Waals surface area contributed by atoms with E-state index in [1.54, 1.807) is 16.8 Å². The van der Waals surface area contributed by atoms with Gasteiger partial charge in [-0.3, -0.25) is 9.48 Å². The zero-order valence-corrected chi connectivity index (χ0v) is 14.0. The molecule has 6 heteroatoms. The SMILES string of the molecule is Cc1cc(C)n(CC2CCCN2C(=O)c2cc(Cl)cn2C)n1. The van der Waals surface area contributed by atoms with Crippen LogP contribution in [0.5, 0.6) is 0 Å². The zero-order chi connectivity index (χ0) is 15.9. The Hall–Kier alpha value is -1.75. The molecule has 118 valence electrons. The first-order chi connectivity index (χ1) is 10.5. The molecular formula is C16H21ClN4O. The first-order valence-corrected chi connectivity index (χ1v) is 7.97. The third kappa shape index (κ3) is 2.77. The highest BCUT2D eigenvalue weighted by Gasteiger charge is 2.31. The predicted molar refractivity (Wildman–Crippen MR) is 86.2 cm³/mol. The fourth-order valence-corrected chi connectivity index (χ4v) is 3.49. The first kappa shape index (κ1) is 15.2. The lowest BCUT2D eigenvalue weighted by atomic mass is 10.2. The monoisotopic (exact) mass is 320 g/mol. The molecule has 3 rings (SSSR count). The number of nitrogens with zero attached hydrogens (tertiary/aromatic N) is 4. The Morgan fingerprint density at radius 1 is 1.41 bits per heavy atom. The fourth-order valence-electron chi connectivity index (χ4n) is 3.24. The number of aromatic nitrogens is 3. The molecule has 0 bridgehead atoms. The van der Waals surface area contributed by atoms with Crippen LogP contribution in [0, 0.1) is 13.8 Å². The Morgan fingerprint density at radius 3 is 2.77 bits per heavy atom. The van der Waals surface area contributed by atoms with Gasteiger partial charge in [0, 0.05) is 25.5 Å². The topological polar surface area (TPSA) is 43.1 Å². The van der Waals surface area contributed by atoms with Crippen molar-refractivity contribution >= 4 is 17.5 Å². The number of hydrogen-bond donors (Lipinski definition) is 0. The van der Waals surface area contributed by atoms with E-state index in [4.69, 9.17) is 11.6 Å². The maximum absolute atomic E-state index is 12.8. The van der Waals surface area contributed by atoms with Crippen LogP contribution in [-0.4, -0.2) is 37.7 Å². The Labute approximate surface area is 135 Å². The smallest absolute Gasteiger partial charge is 0.270 e. The van der Waals surface area contributed by atoms with Gasteiger partial charge in [0.25, 0.3) is 5.91 Å². The highest BCUT2D eigenvalue weighted by molar-refractivity contribution is 6.31. The maximum Gasteiger partial charge on any atom is 0.270 e. The number of hydrogen-bond acceptors (Lipinski definition) is 2. The second-order valence-electron chi connectivity index (χ2n) is 6.06. The van der Waals surface area contributed by atoms with Gasteiger partial charge in [-0.2, -0.15) is 5.10 Å². The van der Waals surface area contributed by atoms with E-state index in [9.17, 15) is 4.79 Å². The number of likely N-dealkylation sites (tertiary alicyclic amines) is 1. The molecule has 0 spiro atoms. The van der Waals surface area contributed by atoms with Crippen LogP contribution < -0.4 is 0 Å². The predicted octanol–water partition coefficient (Wildman–Crippen LogP) is 2.80. The number of carbonyl (C=O) groups is 1. The normalized spacial score (nSPS) is 18.2. The molecule has 22 heavy (non-hydrogen) atoms. The van der Waals surface area contributed by atoms with Crippen molar-refractivity contribution in [3.8, 4) is 0 Å². The zero-order valence-electron chi connectivity index (χ0n) is 13.2. The minimum absolute atomic E-state index is 0.0541. The number of halogens is 1. The van der Waals surface area contributed by atoms with Gasteiger partial charge in [-0.1, -0.05) is 11.6 Å². The Balaban J connectivity index is 1.79. The van der Waals surface area contributed by atoms with E-state index >= 15 is 0 Å². The van der Waals surface area contributed by atoms with Gasteiger partial charge < -0.3 is 9.47 Å². The lowest BCUT2D eigenvalue weighted by molar-refractivity contribution is 0.0711. The second-order valence-corrected chi connectivity index (χ2v) is 6.49. The average molecular weight is 321 g/mol. The minimum atomic E-state index is 0.0541. The standard InChI is InChI=1S/C16H21ClN4O/c1-11-7-12(2)21(18-11)10-14-5-4-6-20(14)16(22)15-8-13(17)9-19(15)3/h7-9,14H,4-6,10H2,1-3H3. The summed E-state index contributed by atoms with van der Waals surface area (Å²) < 4.78 is 3.80. The van der Waals surface area contributed by atoms with Gasteiger partial charge in [0.05, 0.1) is 23.3 Å². The molecule has 0 aromatic carbocycles. The van der Waals surface area contributed by atoms with Crippen LogP contribution in [0.2, 0.25) is 5.02 Å². The summed E-state index contributed by atoms with van der Waals surface area (Å²) in [4.78, 5) is 14.7. The van der Waals surface area contributed by atoms with Gasteiger partial charge in [-0.05, 0) is 38.8 Å². The van der Waals surface area contributed by atoms with E-state index < -0.39 is 0 Å². The Kier molecular flexibility index (Phi) is 4.00. The number of rotatable bonds is 3. The molecule has 0 radical (unpaired) electrons. The molecule has 1 atom stereocenters. The van der Waals surface area contributed by atoms with Crippen LogP contribution >= 0.6 is 11.6 Å². The summed E-state index contributed by atoms with van der Waals surface area (Å²) in [5.74, 6) is 0.0541. The molecular weight excluding hydrogens is 300 g/mol. The molecule has 0 N–H and O–H groups in total. The summed E-state index contributed by atoms with van der Waals surface area (Å²) in [7, 11) is 1.85. The highest BCUT2D eigenvalue weighted by Crippen LogP contribution is 2.23. The lowest BCUT2D eigenvalue weighted by Gasteiger charge is -2.25. The fraction of sp³-hybridized carbons (Fsp3) is 0.500. The van der Waals surface area contributed by atoms with Gasteiger partial charge in [0.1, 0.15) is 5.69 Å². The molecule has 1 fully saturated rings. The molecule has 2 aromatic rings. The molecule has 5 nitrogen and oxygen atoms in total. The van der Waals surface area contributed by atoms with Crippen LogP contribution in [0.4, 0.5) is 0 Å². The van der Waals surface area contributed by atoms with Crippen LogP contribution in [0.15, 0.2) is 18.3 Å². The molecule has 1 unspecified atom stereocenters. The number of carbonyl (C=O) groups excluding carboxylic acids is 1. The summed E-state index contributed by atoms with van der Waals surface area (Å²) in [5.41, 5.74) is 2.80. The molecule has 1 saturated heterocycles. The molecule has 1 aliphatic rings. The van der Waals surface area contributed by atoms with Gasteiger partial charge in [0.2, 0.25) is 0 Å². The van der Waals surface area contributed by atoms with E-state index in [1.807, 2.05) is 23.6 Å². The molecule has 1 amide bonds. The van der Waals surface area contributed by atoms with Crippen molar-refractivity contribution < 1.29 is 4.79 Å². The van der Waals surface area contributed by atoms with Crippen LogP contribution in [-0.2, 0) is 13.6 Å². The summed E-state index contributed by atoms with van der Waals surface area (Å²) >= 11 is 6.00. The summed E-state index contributed by atoms with van der Waals surface area (Å²) in [6.45, 7) is 5.60. The molecule has 2 aromatic heterocycles. The van der Waals surface area contributed by atoms with Crippen molar-refractivity contribution in [1.29, 1.82) is 0 Å². The van der Waals surface area contributed by atoms with Crippen molar-refractivity contribution in [2.24, 2.45) is 7.05 Å². The second kappa shape index (κ2) is 5.80. The van der Waals surface area contributed by atoms with Crippen LogP contribution in [0.25, 0.3) is 0 Å².